The van der Waals surface area contributed by atoms with Gasteiger partial charge in [0.2, 0.25) is 0 Å². The number of hydrogen-bond acceptors (Lipinski definition) is 4. The number of nitrogens with zero attached hydrogens (tertiary/aromatic N) is 4. The van der Waals surface area contributed by atoms with Gasteiger partial charge in [0, 0.05) is 58.2 Å². The molecule has 1 unspecified atom stereocenters. The lowest BCUT2D eigenvalue weighted by Crippen LogP contribution is -2.44. The van der Waals surface area contributed by atoms with E-state index >= 15 is 0 Å². The van der Waals surface area contributed by atoms with Crippen molar-refractivity contribution < 1.29 is 4.74 Å². The molecule has 1 aliphatic heterocycles. The summed E-state index contributed by atoms with van der Waals surface area (Å²) in [4.78, 5) is 7.09. The summed E-state index contributed by atoms with van der Waals surface area (Å²) >= 11 is 0. The molecular formula is C17H31IN6O. The Kier molecular flexibility index (Phi) is 11.5. The Balaban J connectivity index is 0.00000312. The van der Waals surface area contributed by atoms with Gasteiger partial charge < -0.3 is 15.4 Å². The maximum Gasteiger partial charge on any atom is 0.191 e. The SMILES string of the molecule is C=CCNC(=NCC(C)Cn1cccn1)NCCN1CCOCC1.I. The molecule has 7 nitrogen and oxygen atoms in total. The quantitative estimate of drug-likeness (QED) is 0.250. The summed E-state index contributed by atoms with van der Waals surface area (Å²) in [5.41, 5.74) is 0. The van der Waals surface area contributed by atoms with Crippen LogP contribution in [0, 0.1) is 5.92 Å². The van der Waals surface area contributed by atoms with Crippen molar-refractivity contribution in [2.24, 2.45) is 10.9 Å². The average molecular weight is 462 g/mol. The molecule has 1 atom stereocenters. The molecule has 25 heavy (non-hydrogen) atoms. The lowest BCUT2D eigenvalue weighted by Gasteiger charge is -2.26. The summed E-state index contributed by atoms with van der Waals surface area (Å²) in [5.74, 6) is 1.27. The van der Waals surface area contributed by atoms with Crippen molar-refractivity contribution in [3.8, 4) is 0 Å². The van der Waals surface area contributed by atoms with Crippen LogP contribution in [0.1, 0.15) is 6.92 Å². The number of aliphatic imine (C=N–C) groups is 1. The summed E-state index contributed by atoms with van der Waals surface area (Å²) in [5, 5.41) is 10.9. The zero-order valence-electron chi connectivity index (χ0n) is 15.1. The fourth-order valence-corrected chi connectivity index (χ4v) is 2.53. The van der Waals surface area contributed by atoms with Gasteiger partial charge in [0.1, 0.15) is 0 Å². The summed E-state index contributed by atoms with van der Waals surface area (Å²) < 4.78 is 7.32. The number of halogens is 1. The topological polar surface area (TPSA) is 66.7 Å². The van der Waals surface area contributed by atoms with Crippen molar-refractivity contribution in [3.05, 3.63) is 31.1 Å². The Labute approximate surface area is 167 Å². The van der Waals surface area contributed by atoms with E-state index in [0.29, 0.717) is 12.5 Å². The zero-order chi connectivity index (χ0) is 17.0. The van der Waals surface area contributed by atoms with E-state index in [-0.39, 0.29) is 24.0 Å². The molecule has 0 aliphatic carbocycles. The molecule has 2 N–H and O–H groups in total. The largest absolute Gasteiger partial charge is 0.379 e. The average Bonchev–Trinajstić information content (AvgIpc) is 3.10. The minimum Gasteiger partial charge on any atom is -0.379 e. The van der Waals surface area contributed by atoms with E-state index in [1.54, 1.807) is 6.20 Å². The van der Waals surface area contributed by atoms with Gasteiger partial charge in [0.05, 0.1) is 13.2 Å². The van der Waals surface area contributed by atoms with Gasteiger partial charge in [-0.3, -0.25) is 14.6 Å². The Morgan fingerprint density at radius 2 is 2.20 bits per heavy atom. The Morgan fingerprint density at radius 1 is 1.40 bits per heavy atom. The van der Waals surface area contributed by atoms with Crippen LogP contribution in [0.25, 0.3) is 0 Å². The predicted octanol–water partition coefficient (Wildman–Crippen LogP) is 1.19. The second-order valence-electron chi connectivity index (χ2n) is 6.07. The summed E-state index contributed by atoms with van der Waals surface area (Å²) in [6.45, 7) is 13.8. The normalized spacial score (nSPS) is 16.8. The number of guanidine groups is 1. The molecule has 1 aliphatic rings. The van der Waals surface area contributed by atoms with Crippen LogP contribution in [-0.4, -0.2) is 73.1 Å². The zero-order valence-corrected chi connectivity index (χ0v) is 17.4. The van der Waals surface area contributed by atoms with Gasteiger partial charge in [-0.15, -0.1) is 30.6 Å². The second-order valence-corrected chi connectivity index (χ2v) is 6.07. The molecule has 1 aromatic rings. The van der Waals surface area contributed by atoms with Crippen LogP contribution in [0.15, 0.2) is 36.1 Å². The van der Waals surface area contributed by atoms with Crippen molar-refractivity contribution in [1.82, 2.24) is 25.3 Å². The van der Waals surface area contributed by atoms with E-state index in [2.05, 4.69) is 39.1 Å². The molecule has 8 heteroatoms. The van der Waals surface area contributed by atoms with E-state index < -0.39 is 0 Å². The van der Waals surface area contributed by atoms with Crippen LogP contribution in [0.5, 0.6) is 0 Å². The van der Waals surface area contributed by atoms with Crippen molar-refractivity contribution in [3.63, 3.8) is 0 Å². The molecule has 1 fully saturated rings. The predicted molar refractivity (Wildman–Crippen MR) is 113 cm³/mol. The van der Waals surface area contributed by atoms with Gasteiger partial charge in [-0.2, -0.15) is 5.10 Å². The van der Waals surface area contributed by atoms with E-state index in [0.717, 1.165) is 58.4 Å². The molecule has 0 amide bonds. The summed E-state index contributed by atoms with van der Waals surface area (Å²) in [7, 11) is 0. The van der Waals surface area contributed by atoms with Gasteiger partial charge in [-0.25, -0.2) is 0 Å². The number of morpholine rings is 1. The highest BCUT2D eigenvalue weighted by Crippen LogP contribution is 2.00. The van der Waals surface area contributed by atoms with Gasteiger partial charge >= 0.3 is 0 Å². The summed E-state index contributed by atoms with van der Waals surface area (Å²) in [6, 6.07) is 1.94. The lowest BCUT2D eigenvalue weighted by molar-refractivity contribution is 0.0389. The molecule has 0 saturated carbocycles. The first-order valence-electron chi connectivity index (χ1n) is 8.68. The van der Waals surface area contributed by atoms with Crippen LogP contribution in [0.3, 0.4) is 0 Å². The molecule has 0 spiro atoms. The molecule has 1 aromatic heterocycles. The van der Waals surface area contributed by atoms with Crippen LogP contribution in [-0.2, 0) is 11.3 Å². The van der Waals surface area contributed by atoms with Crippen LogP contribution >= 0.6 is 24.0 Å². The number of hydrogen-bond donors (Lipinski definition) is 2. The van der Waals surface area contributed by atoms with Crippen molar-refractivity contribution >= 4 is 29.9 Å². The van der Waals surface area contributed by atoms with Crippen molar-refractivity contribution in [2.45, 2.75) is 13.5 Å². The second kappa shape index (κ2) is 13.1. The number of rotatable bonds is 9. The van der Waals surface area contributed by atoms with E-state index in [1.807, 2.05) is 23.0 Å². The van der Waals surface area contributed by atoms with Crippen LogP contribution in [0.4, 0.5) is 0 Å². The van der Waals surface area contributed by atoms with Crippen molar-refractivity contribution in [1.29, 1.82) is 0 Å². The Bertz CT molecular complexity index is 487. The Morgan fingerprint density at radius 3 is 2.88 bits per heavy atom. The van der Waals surface area contributed by atoms with Gasteiger partial charge in [0.15, 0.2) is 5.96 Å². The highest BCUT2D eigenvalue weighted by molar-refractivity contribution is 14.0. The lowest BCUT2D eigenvalue weighted by atomic mass is 10.2. The fraction of sp³-hybridized carbons (Fsp3) is 0.647. The standard InChI is InChI=1S/C17H30N6O.HI/c1-3-5-18-17(19-7-9-22-10-12-24-13-11-22)20-14-16(2)15-23-8-4-6-21-23;/h3-4,6,8,16H,1,5,7,9-15H2,2H3,(H2,18,19,20);1H. The first-order valence-corrected chi connectivity index (χ1v) is 8.68. The van der Waals surface area contributed by atoms with Crippen LogP contribution < -0.4 is 10.6 Å². The monoisotopic (exact) mass is 462 g/mol. The summed E-state index contributed by atoms with van der Waals surface area (Å²) in [6.07, 6.45) is 5.63. The third kappa shape index (κ3) is 9.22. The van der Waals surface area contributed by atoms with E-state index in [1.165, 1.54) is 0 Å². The van der Waals surface area contributed by atoms with Crippen molar-refractivity contribution in [2.75, 3.05) is 52.5 Å². The Hall–Kier alpha value is -1.13. The maximum atomic E-state index is 5.37. The highest BCUT2D eigenvalue weighted by Gasteiger charge is 2.10. The number of aromatic nitrogens is 2. The van der Waals surface area contributed by atoms with Gasteiger partial charge in [-0.05, 0) is 12.0 Å². The van der Waals surface area contributed by atoms with E-state index in [4.69, 9.17) is 4.74 Å². The van der Waals surface area contributed by atoms with Crippen LogP contribution in [0.2, 0.25) is 0 Å². The fourth-order valence-electron chi connectivity index (χ4n) is 2.53. The van der Waals surface area contributed by atoms with Gasteiger partial charge in [0.25, 0.3) is 0 Å². The number of nitrogens with one attached hydrogen (secondary N) is 2. The minimum atomic E-state index is 0. The maximum absolute atomic E-state index is 5.37. The highest BCUT2D eigenvalue weighted by atomic mass is 127. The molecule has 2 heterocycles. The molecule has 2 rings (SSSR count). The third-order valence-electron chi connectivity index (χ3n) is 3.86. The molecule has 0 aromatic carbocycles. The molecular weight excluding hydrogens is 431 g/mol. The first-order chi connectivity index (χ1) is 11.8. The number of ether oxygens (including phenoxy) is 1. The molecule has 0 bridgehead atoms. The van der Waals surface area contributed by atoms with Gasteiger partial charge in [-0.1, -0.05) is 13.0 Å². The minimum absolute atomic E-state index is 0. The molecule has 1 saturated heterocycles. The smallest absolute Gasteiger partial charge is 0.191 e. The van der Waals surface area contributed by atoms with E-state index in [9.17, 15) is 0 Å². The molecule has 0 radical (unpaired) electrons. The first kappa shape index (κ1) is 21.9. The third-order valence-corrected chi connectivity index (χ3v) is 3.86. The molecule has 142 valence electrons.